The Hall–Kier alpha value is -4.20. The summed E-state index contributed by atoms with van der Waals surface area (Å²) in [5.41, 5.74) is 3.90. The lowest BCUT2D eigenvalue weighted by atomic mass is 10.00. The number of fused-ring (bicyclic) bond motifs is 3. The van der Waals surface area contributed by atoms with E-state index in [1.54, 1.807) is 12.1 Å². The van der Waals surface area contributed by atoms with Gasteiger partial charge in [-0.25, -0.2) is 19.2 Å². The van der Waals surface area contributed by atoms with Gasteiger partial charge in [-0.1, -0.05) is 6.07 Å². The minimum atomic E-state index is -1.04. The Balaban J connectivity index is 1.60. The van der Waals surface area contributed by atoms with Crippen molar-refractivity contribution in [3.05, 3.63) is 71.5 Å². The standard InChI is InChI=1S/C25H18FN3O4/c26-17-4-1-5-20-16(17)3-2-10-29(20)24-23(14-7-9-21-22(12-14)33-13-32-21)27-18-8-6-15(25(30)31)11-19(18)28-24/h1,4-9,11-12H,2-3,10,13H2,(H,30,31). The number of aromatic carboxylic acids is 1. The molecule has 1 aromatic heterocycles. The second-order valence-electron chi connectivity index (χ2n) is 7.97. The van der Waals surface area contributed by atoms with E-state index in [9.17, 15) is 14.3 Å². The number of carboxylic acid groups (broad SMARTS) is 1. The van der Waals surface area contributed by atoms with Crippen LogP contribution in [-0.2, 0) is 6.42 Å². The van der Waals surface area contributed by atoms with E-state index in [1.807, 2.05) is 29.2 Å². The average Bonchev–Trinajstić information content (AvgIpc) is 3.31. The molecule has 0 atom stereocenters. The number of benzene rings is 3. The number of carboxylic acids is 1. The maximum Gasteiger partial charge on any atom is 0.335 e. The Morgan fingerprint density at radius 1 is 1.00 bits per heavy atom. The quantitative estimate of drug-likeness (QED) is 0.480. The Morgan fingerprint density at radius 3 is 2.76 bits per heavy atom. The highest BCUT2D eigenvalue weighted by molar-refractivity contribution is 5.94. The summed E-state index contributed by atoms with van der Waals surface area (Å²) in [5.74, 6) is 0.530. The van der Waals surface area contributed by atoms with Gasteiger partial charge in [0.15, 0.2) is 17.3 Å². The fourth-order valence-corrected chi connectivity index (χ4v) is 4.41. The Kier molecular flexibility index (Phi) is 4.39. The van der Waals surface area contributed by atoms with Crippen molar-refractivity contribution in [3.8, 4) is 22.8 Å². The van der Waals surface area contributed by atoms with Gasteiger partial charge in [0.1, 0.15) is 11.5 Å². The molecule has 0 saturated carbocycles. The minimum Gasteiger partial charge on any atom is -0.478 e. The molecule has 7 nitrogen and oxygen atoms in total. The molecule has 164 valence electrons. The largest absolute Gasteiger partial charge is 0.478 e. The van der Waals surface area contributed by atoms with Gasteiger partial charge in [-0.2, -0.15) is 0 Å². The number of ether oxygens (including phenoxy) is 2. The number of hydrogen-bond donors (Lipinski definition) is 1. The molecule has 0 unspecified atom stereocenters. The molecular weight excluding hydrogens is 425 g/mol. The zero-order valence-corrected chi connectivity index (χ0v) is 17.4. The van der Waals surface area contributed by atoms with Gasteiger partial charge in [0, 0.05) is 23.4 Å². The van der Waals surface area contributed by atoms with Crippen LogP contribution in [0.1, 0.15) is 22.3 Å². The van der Waals surface area contributed by atoms with Gasteiger partial charge in [0.05, 0.1) is 16.6 Å². The Labute approximate surface area is 188 Å². The van der Waals surface area contributed by atoms with Crippen LogP contribution in [0.2, 0.25) is 0 Å². The molecule has 6 rings (SSSR count). The molecule has 0 radical (unpaired) electrons. The van der Waals surface area contributed by atoms with Crippen LogP contribution in [0, 0.1) is 5.82 Å². The molecule has 33 heavy (non-hydrogen) atoms. The summed E-state index contributed by atoms with van der Waals surface area (Å²) >= 11 is 0. The van der Waals surface area contributed by atoms with Crippen molar-refractivity contribution in [3.63, 3.8) is 0 Å². The van der Waals surface area contributed by atoms with Crippen molar-refractivity contribution >= 4 is 28.5 Å². The van der Waals surface area contributed by atoms with E-state index in [4.69, 9.17) is 19.4 Å². The SMILES string of the molecule is O=C(O)c1ccc2nc(-c3ccc4c(c3)OCO4)c(N3CCCc4c(F)cccc43)nc2c1. The smallest absolute Gasteiger partial charge is 0.335 e. The van der Waals surface area contributed by atoms with E-state index >= 15 is 0 Å². The van der Waals surface area contributed by atoms with E-state index in [-0.39, 0.29) is 18.2 Å². The number of anilines is 2. The number of rotatable bonds is 3. The highest BCUT2D eigenvalue weighted by Crippen LogP contribution is 2.41. The highest BCUT2D eigenvalue weighted by atomic mass is 19.1. The molecule has 4 aromatic rings. The highest BCUT2D eigenvalue weighted by Gasteiger charge is 2.26. The molecule has 0 aliphatic carbocycles. The Bertz CT molecular complexity index is 1440. The second-order valence-corrected chi connectivity index (χ2v) is 7.97. The molecule has 0 spiro atoms. The summed E-state index contributed by atoms with van der Waals surface area (Å²) in [5, 5.41) is 9.42. The Morgan fingerprint density at radius 2 is 1.88 bits per heavy atom. The lowest BCUT2D eigenvalue weighted by Crippen LogP contribution is -2.27. The molecule has 0 amide bonds. The van der Waals surface area contributed by atoms with Crippen LogP contribution in [0.3, 0.4) is 0 Å². The van der Waals surface area contributed by atoms with Crippen molar-refractivity contribution in [1.82, 2.24) is 9.97 Å². The maximum absolute atomic E-state index is 14.6. The van der Waals surface area contributed by atoms with Gasteiger partial charge < -0.3 is 19.5 Å². The fraction of sp³-hybridized carbons (Fsp3) is 0.160. The van der Waals surface area contributed by atoms with Crippen molar-refractivity contribution in [2.75, 3.05) is 18.2 Å². The second kappa shape index (κ2) is 7.44. The van der Waals surface area contributed by atoms with Crippen molar-refractivity contribution < 1.29 is 23.8 Å². The zero-order valence-electron chi connectivity index (χ0n) is 17.4. The lowest BCUT2D eigenvalue weighted by molar-refractivity contribution is 0.0697. The first-order valence-electron chi connectivity index (χ1n) is 10.6. The monoisotopic (exact) mass is 443 g/mol. The maximum atomic E-state index is 14.6. The number of hydrogen-bond acceptors (Lipinski definition) is 6. The van der Waals surface area contributed by atoms with Crippen LogP contribution >= 0.6 is 0 Å². The molecule has 2 aliphatic heterocycles. The van der Waals surface area contributed by atoms with E-state index < -0.39 is 5.97 Å². The zero-order chi connectivity index (χ0) is 22.5. The number of halogens is 1. The molecule has 8 heteroatoms. The first kappa shape index (κ1) is 19.5. The van der Waals surface area contributed by atoms with Gasteiger partial charge in [0.2, 0.25) is 6.79 Å². The van der Waals surface area contributed by atoms with Gasteiger partial charge in [-0.3, -0.25) is 0 Å². The van der Waals surface area contributed by atoms with Gasteiger partial charge >= 0.3 is 5.97 Å². The number of aromatic nitrogens is 2. The number of nitrogens with zero attached hydrogens (tertiary/aromatic N) is 3. The van der Waals surface area contributed by atoms with Gasteiger partial charge in [-0.15, -0.1) is 0 Å². The van der Waals surface area contributed by atoms with E-state index in [1.165, 1.54) is 18.2 Å². The summed E-state index contributed by atoms with van der Waals surface area (Å²) in [7, 11) is 0. The van der Waals surface area contributed by atoms with Crippen LogP contribution < -0.4 is 14.4 Å². The predicted octanol–water partition coefficient (Wildman–Crippen LogP) is 4.95. The van der Waals surface area contributed by atoms with Crippen molar-refractivity contribution in [2.24, 2.45) is 0 Å². The summed E-state index contributed by atoms with van der Waals surface area (Å²) in [4.78, 5) is 23.2. The third kappa shape index (κ3) is 3.22. The summed E-state index contributed by atoms with van der Waals surface area (Å²) in [6.07, 6.45) is 1.39. The van der Waals surface area contributed by atoms with E-state index in [0.717, 1.165) is 17.7 Å². The summed E-state index contributed by atoms with van der Waals surface area (Å²) < 4.78 is 25.6. The first-order chi connectivity index (χ1) is 16.1. The van der Waals surface area contributed by atoms with Crippen molar-refractivity contribution in [2.45, 2.75) is 12.8 Å². The molecule has 0 bridgehead atoms. The first-order valence-corrected chi connectivity index (χ1v) is 10.6. The normalized spacial score (nSPS) is 14.4. The van der Waals surface area contributed by atoms with Gasteiger partial charge in [0.25, 0.3) is 0 Å². The number of carbonyl (C=O) groups is 1. The molecule has 3 aromatic carbocycles. The summed E-state index contributed by atoms with van der Waals surface area (Å²) in [6.45, 7) is 0.790. The third-order valence-corrected chi connectivity index (χ3v) is 5.99. The van der Waals surface area contributed by atoms with Crippen LogP contribution in [0.4, 0.5) is 15.9 Å². The molecular formula is C25H18FN3O4. The summed E-state index contributed by atoms with van der Waals surface area (Å²) in [6, 6.07) is 15.2. The van der Waals surface area contributed by atoms with Crippen LogP contribution in [0.25, 0.3) is 22.3 Å². The minimum absolute atomic E-state index is 0.128. The average molecular weight is 443 g/mol. The molecule has 2 aliphatic rings. The fourth-order valence-electron chi connectivity index (χ4n) is 4.41. The topological polar surface area (TPSA) is 84.8 Å². The van der Waals surface area contributed by atoms with Crippen LogP contribution in [0.5, 0.6) is 11.5 Å². The van der Waals surface area contributed by atoms with Gasteiger partial charge in [-0.05, 0) is 61.4 Å². The molecule has 0 fully saturated rings. The van der Waals surface area contributed by atoms with Crippen LogP contribution in [0.15, 0.2) is 54.6 Å². The third-order valence-electron chi connectivity index (χ3n) is 5.99. The predicted molar refractivity (Wildman–Crippen MR) is 120 cm³/mol. The van der Waals surface area contributed by atoms with E-state index in [0.29, 0.717) is 52.6 Å². The molecule has 1 N–H and O–H groups in total. The molecule has 3 heterocycles. The van der Waals surface area contributed by atoms with Crippen LogP contribution in [-0.4, -0.2) is 34.4 Å². The lowest BCUT2D eigenvalue weighted by Gasteiger charge is -2.31. The van der Waals surface area contributed by atoms with E-state index in [2.05, 4.69) is 0 Å². The van der Waals surface area contributed by atoms with Crippen molar-refractivity contribution in [1.29, 1.82) is 0 Å². The molecule has 0 saturated heterocycles.